The summed E-state index contributed by atoms with van der Waals surface area (Å²) in [5, 5.41) is 2.58. The quantitative estimate of drug-likeness (QED) is 0.629. The molecule has 1 aliphatic rings. The van der Waals surface area contributed by atoms with Crippen molar-refractivity contribution in [3.05, 3.63) is 77.1 Å². The SMILES string of the molecule is O=C1NCc2cc(-c3cccnc3C(F)(F)F)c(-c3ccc(F)cc3F)cc21. The highest BCUT2D eigenvalue weighted by Gasteiger charge is 2.36. The lowest BCUT2D eigenvalue weighted by Crippen LogP contribution is -2.12. The van der Waals surface area contributed by atoms with Crippen LogP contribution in [0.25, 0.3) is 22.3 Å². The van der Waals surface area contributed by atoms with Gasteiger partial charge in [0, 0.05) is 35.5 Å². The van der Waals surface area contributed by atoms with Crippen molar-refractivity contribution < 1.29 is 26.7 Å². The summed E-state index contributed by atoms with van der Waals surface area (Å²) in [6, 6.07) is 8.09. The predicted molar refractivity (Wildman–Crippen MR) is 91.2 cm³/mol. The highest BCUT2D eigenvalue weighted by molar-refractivity contribution is 6.01. The average Bonchev–Trinajstić information content (AvgIpc) is 3.00. The molecule has 1 N–H and O–H groups in total. The lowest BCUT2D eigenvalue weighted by Gasteiger charge is -2.17. The van der Waals surface area contributed by atoms with Crippen molar-refractivity contribution in [2.75, 3.05) is 0 Å². The molecule has 2 heterocycles. The van der Waals surface area contributed by atoms with E-state index < -0.39 is 29.4 Å². The van der Waals surface area contributed by atoms with Gasteiger partial charge in [-0.1, -0.05) is 6.07 Å². The van der Waals surface area contributed by atoms with E-state index in [0.717, 1.165) is 18.3 Å². The van der Waals surface area contributed by atoms with E-state index in [9.17, 15) is 26.7 Å². The van der Waals surface area contributed by atoms with Crippen LogP contribution in [0.15, 0.2) is 48.7 Å². The van der Waals surface area contributed by atoms with Crippen LogP contribution in [-0.4, -0.2) is 10.9 Å². The number of amides is 1. The molecule has 0 unspecified atom stereocenters. The summed E-state index contributed by atoms with van der Waals surface area (Å²) >= 11 is 0. The maximum Gasteiger partial charge on any atom is 0.433 e. The number of alkyl halides is 3. The number of hydrogen-bond acceptors (Lipinski definition) is 2. The number of fused-ring (bicyclic) bond motifs is 1. The van der Waals surface area contributed by atoms with E-state index in [2.05, 4.69) is 10.3 Å². The summed E-state index contributed by atoms with van der Waals surface area (Å²) in [4.78, 5) is 15.4. The van der Waals surface area contributed by atoms with Crippen molar-refractivity contribution in [1.29, 1.82) is 0 Å². The topological polar surface area (TPSA) is 42.0 Å². The van der Waals surface area contributed by atoms with E-state index in [1.807, 2.05) is 0 Å². The van der Waals surface area contributed by atoms with E-state index >= 15 is 0 Å². The molecule has 4 rings (SSSR count). The average molecular weight is 390 g/mol. The Balaban J connectivity index is 2.05. The molecule has 1 aliphatic heterocycles. The van der Waals surface area contributed by atoms with Gasteiger partial charge < -0.3 is 5.32 Å². The van der Waals surface area contributed by atoms with Crippen molar-refractivity contribution in [3.63, 3.8) is 0 Å². The highest BCUT2D eigenvalue weighted by atomic mass is 19.4. The zero-order valence-electron chi connectivity index (χ0n) is 14.1. The molecule has 3 nitrogen and oxygen atoms in total. The van der Waals surface area contributed by atoms with Crippen molar-refractivity contribution in [1.82, 2.24) is 10.3 Å². The molecule has 0 atom stereocenters. The van der Waals surface area contributed by atoms with Gasteiger partial charge in [-0.25, -0.2) is 8.78 Å². The van der Waals surface area contributed by atoms with Crippen LogP contribution in [0.4, 0.5) is 22.0 Å². The van der Waals surface area contributed by atoms with Crippen molar-refractivity contribution in [2.45, 2.75) is 12.7 Å². The van der Waals surface area contributed by atoms with Gasteiger partial charge in [0.2, 0.25) is 0 Å². The Morgan fingerprint density at radius 3 is 2.36 bits per heavy atom. The number of aromatic nitrogens is 1. The van der Waals surface area contributed by atoms with Crippen LogP contribution in [0.5, 0.6) is 0 Å². The summed E-state index contributed by atoms with van der Waals surface area (Å²) in [6.07, 6.45) is -3.72. The van der Waals surface area contributed by atoms with Crippen molar-refractivity contribution in [3.8, 4) is 22.3 Å². The van der Waals surface area contributed by atoms with E-state index in [-0.39, 0.29) is 34.4 Å². The van der Waals surface area contributed by atoms with E-state index in [1.165, 1.54) is 24.3 Å². The Kier molecular flexibility index (Phi) is 4.14. The van der Waals surface area contributed by atoms with Gasteiger partial charge in [-0.15, -0.1) is 0 Å². The molecule has 28 heavy (non-hydrogen) atoms. The lowest BCUT2D eigenvalue weighted by molar-refractivity contribution is -0.140. The Bertz CT molecular complexity index is 1110. The minimum atomic E-state index is -4.73. The fraction of sp³-hybridized carbons (Fsp3) is 0.100. The second kappa shape index (κ2) is 6.40. The standard InChI is InChI=1S/C20H11F5N2O/c21-11-3-4-12(17(22)7-11)16-8-14-10(9-27-19(14)28)6-15(16)13-2-1-5-26-18(13)20(23,24)25/h1-8H,9H2,(H,27,28). The molecule has 0 bridgehead atoms. The van der Waals surface area contributed by atoms with E-state index in [4.69, 9.17) is 0 Å². The number of benzene rings is 2. The van der Waals surface area contributed by atoms with Crippen molar-refractivity contribution in [2.24, 2.45) is 0 Å². The summed E-state index contributed by atoms with van der Waals surface area (Å²) < 4.78 is 68.2. The van der Waals surface area contributed by atoms with E-state index in [0.29, 0.717) is 11.6 Å². The van der Waals surface area contributed by atoms with Crippen LogP contribution in [0.1, 0.15) is 21.6 Å². The summed E-state index contributed by atoms with van der Waals surface area (Å²) in [5.41, 5.74) is -0.668. The first-order chi connectivity index (χ1) is 13.3. The van der Waals surface area contributed by atoms with Gasteiger partial charge >= 0.3 is 6.18 Å². The minimum absolute atomic E-state index is 0.0480. The number of carbonyl (C=O) groups is 1. The summed E-state index contributed by atoms with van der Waals surface area (Å²) in [7, 11) is 0. The fourth-order valence-electron chi connectivity index (χ4n) is 3.27. The number of rotatable bonds is 2. The Hall–Kier alpha value is -3.29. The highest BCUT2D eigenvalue weighted by Crippen LogP contribution is 2.42. The first-order valence-corrected chi connectivity index (χ1v) is 8.19. The van der Waals surface area contributed by atoms with Gasteiger partial charge in [0.15, 0.2) is 5.69 Å². The van der Waals surface area contributed by atoms with Gasteiger partial charge in [-0.05, 0) is 47.0 Å². The molecule has 0 radical (unpaired) electrons. The normalized spacial score (nSPS) is 13.4. The molecule has 0 spiro atoms. The monoisotopic (exact) mass is 390 g/mol. The molecular weight excluding hydrogens is 379 g/mol. The van der Waals surface area contributed by atoms with Gasteiger partial charge in [0.25, 0.3) is 5.91 Å². The maximum absolute atomic E-state index is 14.4. The number of hydrogen-bond donors (Lipinski definition) is 1. The molecule has 1 aromatic heterocycles. The third-order valence-corrected chi connectivity index (χ3v) is 4.52. The second-order valence-corrected chi connectivity index (χ2v) is 6.26. The van der Waals surface area contributed by atoms with Gasteiger partial charge in [0.1, 0.15) is 11.6 Å². The predicted octanol–water partition coefficient (Wildman–Crippen LogP) is 4.96. The molecule has 3 aromatic rings. The Morgan fingerprint density at radius 2 is 1.64 bits per heavy atom. The van der Waals surface area contributed by atoms with Crippen molar-refractivity contribution >= 4 is 5.91 Å². The van der Waals surface area contributed by atoms with E-state index in [1.54, 1.807) is 0 Å². The number of pyridine rings is 1. The van der Waals surface area contributed by atoms with Crippen LogP contribution in [0, 0.1) is 11.6 Å². The molecular formula is C20H11F5N2O. The molecule has 0 fully saturated rings. The molecule has 0 saturated carbocycles. The van der Waals surface area contributed by atoms with Crippen LogP contribution in [0.2, 0.25) is 0 Å². The summed E-state index contributed by atoms with van der Waals surface area (Å²) in [6.45, 7) is 0.148. The van der Waals surface area contributed by atoms with Crippen LogP contribution >= 0.6 is 0 Å². The molecule has 0 aliphatic carbocycles. The number of carbonyl (C=O) groups excluding carboxylic acids is 1. The zero-order valence-corrected chi connectivity index (χ0v) is 14.1. The van der Waals surface area contributed by atoms with Gasteiger partial charge in [-0.3, -0.25) is 9.78 Å². The third-order valence-electron chi connectivity index (χ3n) is 4.52. The first-order valence-electron chi connectivity index (χ1n) is 8.19. The maximum atomic E-state index is 14.4. The second-order valence-electron chi connectivity index (χ2n) is 6.26. The Labute approximate surface area is 155 Å². The molecule has 8 heteroatoms. The minimum Gasteiger partial charge on any atom is -0.348 e. The molecule has 1 amide bonds. The van der Waals surface area contributed by atoms with Gasteiger partial charge in [0.05, 0.1) is 0 Å². The lowest BCUT2D eigenvalue weighted by atomic mass is 9.89. The van der Waals surface area contributed by atoms with Gasteiger partial charge in [-0.2, -0.15) is 13.2 Å². The van der Waals surface area contributed by atoms with Crippen LogP contribution in [0.3, 0.4) is 0 Å². The molecule has 142 valence electrons. The molecule has 0 saturated heterocycles. The van der Waals surface area contributed by atoms with Crippen LogP contribution in [-0.2, 0) is 12.7 Å². The zero-order chi connectivity index (χ0) is 20.1. The Morgan fingerprint density at radius 1 is 0.893 bits per heavy atom. The third kappa shape index (κ3) is 3.00. The fourth-order valence-corrected chi connectivity index (χ4v) is 3.27. The first kappa shape index (κ1) is 18.1. The number of nitrogens with zero attached hydrogens (tertiary/aromatic N) is 1. The molecule has 2 aromatic carbocycles. The largest absolute Gasteiger partial charge is 0.433 e. The summed E-state index contributed by atoms with van der Waals surface area (Å²) in [5.74, 6) is -2.18. The number of nitrogens with one attached hydrogen (secondary N) is 1. The van der Waals surface area contributed by atoms with Crippen LogP contribution < -0.4 is 5.32 Å². The smallest absolute Gasteiger partial charge is 0.348 e. The number of halogens is 5.